The summed E-state index contributed by atoms with van der Waals surface area (Å²) in [5, 5.41) is 3.47. The van der Waals surface area contributed by atoms with Crippen LogP contribution in [0.1, 0.15) is 19.4 Å². The van der Waals surface area contributed by atoms with E-state index in [9.17, 15) is 22.8 Å². The van der Waals surface area contributed by atoms with Crippen LogP contribution >= 0.6 is 22.9 Å². The summed E-state index contributed by atoms with van der Waals surface area (Å²) in [6.07, 6.45) is -5.42. The molecule has 0 unspecified atom stereocenters. The molecule has 174 valence electrons. The third kappa shape index (κ3) is 6.45. The van der Waals surface area contributed by atoms with Crippen LogP contribution in [0, 0.1) is 5.92 Å². The molecule has 1 aromatic heterocycles. The number of anilines is 3. The van der Waals surface area contributed by atoms with Crippen molar-refractivity contribution in [2.75, 3.05) is 16.8 Å². The lowest BCUT2D eigenvalue weighted by atomic mass is 10.1. The average molecular weight is 498 g/mol. The van der Waals surface area contributed by atoms with Gasteiger partial charge in [0.25, 0.3) is 0 Å². The Morgan fingerprint density at radius 2 is 1.91 bits per heavy atom. The van der Waals surface area contributed by atoms with Gasteiger partial charge in [0.15, 0.2) is 5.13 Å². The quantitative estimate of drug-likeness (QED) is 0.282. The molecule has 2 amide bonds. The molecule has 11 heteroatoms. The third-order valence-corrected chi connectivity index (χ3v) is 5.16. The first-order chi connectivity index (χ1) is 15.5. The zero-order valence-electron chi connectivity index (χ0n) is 17.5. The average Bonchev–Trinajstić information content (AvgIpc) is 3.21. The van der Waals surface area contributed by atoms with Crippen molar-refractivity contribution in [1.82, 2.24) is 4.98 Å². The maximum Gasteiger partial charge on any atom is 0.420 e. The highest BCUT2D eigenvalue weighted by Gasteiger charge is 2.32. The minimum Gasteiger partial charge on any atom is -0.449 e. The second-order valence-corrected chi connectivity index (χ2v) is 8.53. The van der Waals surface area contributed by atoms with Crippen molar-refractivity contribution >= 4 is 50.9 Å². The van der Waals surface area contributed by atoms with E-state index in [0.29, 0.717) is 16.9 Å². The molecular weight excluding hydrogens is 479 g/mol. The lowest BCUT2D eigenvalue weighted by Crippen LogP contribution is -2.28. The Morgan fingerprint density at radius 1 is 1.18 bits per heavy atom. The van der Waals surface area contributed by atoms with Crippen molar-refractivity contribution < 1.29 is 27.5 Å². The molecule has 6 nitrogen and oxygen atoms in total. The zero-order valence-corrected chi connectivity index (χ0v) is 19.1. The SMILES string of the molecule is CC(C)COC(=O)N(c1cccc(C(F)(F)F)c1)c1nc(-c2cccc(NC(=O)Cl)c2)cs1. The van der Waals surface area contributed by atoms with Crippen LogP contribution < -0.4 is 10.2 Å². The van der Waals surface area contributed by atoms with E-state index >= 15 is 0 Å². The van der Waals surface area contributed by atoms with Crippen molar-refractivity contribution in [3.8, 4) is 11.3 Å². The summed E-state index contributed by atoms with van der Waals surface area (Å²) < 4.78 is 45.1. The fraction of sp³-hybridized carbons (Fsp3) is 0.227. The molecule has 3 aromatic rings. The highest BCUT2D eigenvalue weighted by Crippen LogP contribution is 2.37. The first-order valence-corrected chi connectivity index (χ1v) is 11.0. The monoisotopic (exact) mass is 497 g/mol. The molecule has 0 aliphatic rings. The number of benzene rings is 2. The molecule has 0 atom stereocenters. The Morgan fingerprint density at radius 3 is 2.58 bits per heavy atom. The highest BCUT2D eigenvalue weighted by molar-refractivity contribution is 7.14. The van der Waals surface area contributed by atoms with Crippen LogP contribution in [-0.4, -0.2) is 23.1 Å². The number of rotatable bonds is 6. The Kier molecular flexibility index (Phi) is 7.60. The van der Waals surface area contributed by atoms with Gasteiger partial charge in [-0.15, -0.1) is 11.3 Å². The van der Waals surface area contributed by atoms with E-state index in [-0.39, 0.29) is 23.3 Å². The van der Waals surface area contributed by atoms with Gasteiger partial charge in [-0.2, -0.15) is 13.2 Å². The Bertz CT molecular complexity index is 1150. The number of thiazole rings is 1. The van der Waals surface area contributed by atoms with E-state index in [4.69, 9.17) is 16.3 Å². The Hall–Kier alpha value is -3.11. The van der Waals surface area contributed by atoms with Gasteiger partial charge in [-0.3, -0.25) is 4.79 Å². The van der Waals surface area contributed by atoms with Gasteiger partial charge in [0.1, 0.15) is 0 Å². The van der Waals surface area contributed by atoms with E-state index in [1.165, 1.54) is 12.1 Å². The number of amides is 2. The van der Waals surface area contributed by atoms with E-state index in [2.05, 4.69) is 10.3 Å². The van der Waals surface area contributed by atoms with Crippen molar-refractivity contribution in [3.05, 3.63) is 59.5 Å². The number of hydrogen-bond acceptors (Lipinski definition) is 5. The largest absolute Gasteiger partial charge is 0.449 e. The number of carbonyl (C=O) groups excluding carboxylic acids is 2. The molecule has 0 bridgehead atoms. The van der Waals surface area contributed by atoms with Crippen molar-refractivity contribution in [3.63, 3.8) is 0 Å². The van der Waals surface area contributed by atoms with Crippen molar-refractivity contribution in [1.29, 1.82) is 0 Å². The molecule has 1 N–H and O–H groups in total. The van der Waals surface area contributed by atoms with Gasteiger partial charge >= 0.3 is 17.6 Å². The van der Waals surface area contributed by atoms with Gasteiger partial charge in [0.2, 0.25) is 0 Å². The first-order valence-electron chi connectivity index (χ1n) is 9.71. The summed E-state index contributed by atoms with van der Waals surface area (Å²) >= 11 is 6.42. The molecule has 0 aliphatic heterocycles. The zero-order chi connectivity index (χ0) is 24.2. The van der Waals surface area contributed by atoms with Crippen molar-refractivity contribution in [2.24, 2.45) is 5.92 Å². The maximum absolute atomic E-state index is 13.3. The second kappa shape index (κ2) is 10.2. The summed E-state index contributed by atoms with van der Waals surface area (Å²) in [6, 6.07) is 11.1. The predicted octanol–water partition coefficient (Wildman–Crippen LogP) is 7.53. The summed E-state index contributed by atoms with van der Waals surface area (Å²) in [5.41, 5.74) is 0.577. The van der Waals surface area contributed by atoms with Crippen LogP contribution in [0.2, 0.25) is 0 Å². The maximum atomic E-state index is 13.3. The molecule has 0 aliphatic carbocycles. The number of hydrogen-bond donors (Lipinski definition) is 1. The van der Waals surface area contributed by atoms with E-state index in [0.717, 1.165) is 28.4 Å². The minimum absolute atomic E-state index is 0.0253. The lowest BCUT2D eigenvalue weighted by molar-refractivity contribution is -0.137. The number of alkyl halides is 3. The van der Waals surface area contributed by atoms with Gasteiger partial charge in [0, 0.05) is 16.6 Å². The summed E-state index contributed by atoms with van der Waals surface area (Å²) in [6.45, 7) is 3.78. The van der Waals surface area contributed by atoms with Crippen LogP contribution in [0.4, 0.5) is 39.3 Å². The van der Waals surface area contributed by atoms with E-state index in [1.807, 2.05) is 13.8 Å². The third-order valence-electron chi connectivity index (χ3n) is 4.24. The number of ether oxygens (including phenoxy) is 1. The normalized spacial score (nSPS) is 11.4. The first kappa shape index (κ1) is 24.5. The van der Waals surface area contributed by atoms with Crippen LogP contribution in [0.15, 0.2) is 53.9 Å². The van der Waals surface area contributed by atoms with Crippen LogP contribution in [-0.2, 0) is 10.9 Å². The molecule has 33 heavy (non-hydrogen) atoms. The van der Waals surface area contributed by atoms with Crippen molar-refractivity contribution in [2.45, 2.75) is 20.0 Å². The number of nitrogens with zero attached hydrogens (tertiary/aromatic N) is 2. The van der Waals surface area contributed by atoms with Gasteiger partial charge in [0.05, 0.1) is 23.6 Å². The van der Waals surface area contributed by atoms with E-state index < -0.39 is 23.2 Å². The predicted molar refractivity (Wildman–Crippen MR) is 122 cm³/mol. The minimum atomic E-state index is -4.58. The van der Waals surface area contributed by atoms with Crippen LogP contribution in [0.25, 0.3) is 11.3 Å². The molecule has 3 rings (SSSR count). The summed E-state index contributed by atoms with van der Waals surface area (Å²) in [5.74, 6) is 0.0315. The molecule has 0 saturated carbocycles. The van der Waals surface area contributed by atoms with Gasteiger partial charge < -0.3 is 10.1 Å². The Balaban J connectivity index is 2.00. The van der Waals surface area contributed by atoms with E-state index in [1.54, 1.807) is 29.6 Å². The smallest absolute Gasteiger partial charge is 0.420 e. The standard InChI is InChI=1S/C22H19ClF3N3O3S/c1-13(2)11-32-21(31)29(17-8-4-6-15(10-17)22(24,25)26)20-28-18(12-33-20)14-5-3-7-16(9-14)27-19(23)30/h3-10,12-13H,11H2,1-2H3,(H,27,30). The fourth-order valence-corrected chi connectivity index (χ4v) is 3.74. The Labute approximate surface area is 197 Å². The fourth-order valence-electron chi connectivity index (χ4n) is 2.79. The van der Waals surface area contributed by atoms with Crippen LogP contribution in [0.5, 0.6) is 0 Å². The number of aromatic nitrogens is 1. The van der Waals surface area contributed by atoms with Gasteiger partial charge in [-0.05, 0) is 47.9 Å². The van der Waals surface area contributed by atoms with Gasteiger partial charge in [-0.25, -0.2) is 14.7 Å². The second-order valence-electron chi connectivity index (χ2n) is 7.35. The molecule has 0 saturated heterocycles. The lowest BCUT2D eigenvalue weighted by Gasteiger charge is -2.21. The van der Waals surface area contributed by atoms with Crippen LogP contribution in [0.3, 0.4) is 0 Å². The topological polar surface area (TPSA) is 71.5 Å². The summed E-state index contributed by atoms with van der Waals surface area (Å²) in [4.78, 5) is 29.4. The number of halogens is 4. The number of nitrogens with one attached hydrogen (secondary N) is 1. The highest BCUT2D eigenvalue weighted by atomic mass is 35.5. The molecular formula is C22H19ClF3N3O3S. The molecule has 1 heterocycles. The molecule has 2 aromatic carbocycles. The summed E-state index contributed by atoms with van der Waals surface area (Å²) in [7, 11) is 0. The molecule has 0 radical (unpaired) electrons. The number of carbonyl (C=O) groups is 2. The van der Waals surface area contributed by atoms with Gasteiger partial charge in [-0.1, -0.05) is 32.0 Å². The molecule has 0 spiro atoms. The molecule has 0 fully saturated rings.